The van der Waals surface area contributed by atoms with Gasteiger partial charge in [0, 0.05) is 65.9 Å². The Kier molecular flexibility index (Phi) is 10.4. The van der Waals surface area contributed by atoms with Crippen molar-refractivity contribution in [1.82, 2.24) is 19.8 Å². The van der Waals surface area contributed by atoms with E-state index < -0.39 is 0 Å². The van der Waals surface area contributed by atoms with E-state index in [0.29, 0.717) is 44.8 Å². The molecule has 1 aliphatic heterocycles. The molecule has 11 nitrogen and oxygen atoms in total. The van der Waals surface area contributed by atoms with Crippen molar-refractivity contribution in [3.8, 4) is 0 Å². The molecule has 236 valence electrons. The molecule has 3 aromatic carbocycles. The summed E-state index contributed by atoms with van der Waals surface area (Å²) in [5, 5.41) is 12.0. The van der Waals surface area contributed by atoms with Crippen molar-refractivity contribution in [2.45, 2.75) is 13.5 Å². The molecular weight excluding hydrogens is 604 g/mol. The van der Waals surface area contributed by atoms with Gasteiger partial charge in [-0.3, -0.25) is 19.3 Å². The summed E-state index contributed by atoms with van der Waals surface area (Å²) in [6, 6.07) is 17.5. The van der Waals surface area contributed by atoms with Crippen LogP contribution in [0.1, 0.15) is 31.8 Å². The summed E-state index contributed by atoms with van der Waals surface area (Å²) < 4.78 is 0. The number of nitrogens with zero attached hydrogens (tertiary/aromatic N) is 4. The first-order chi connectivity index (χ1) is 22.2. The molecule has 4 aromatic rings. The van der Waals surface area contributed by atoms with Gasteiger partial charge in [-0.2, -0.15) is 0 Å². The number of halogens is 1. The molecule has 0 spiro atoms. The number of carbonyl (C=O) groups is 3. The standard InChI is InChI=1S/C34H35ClN8O3/c1-4-31(44)38-25-6-5-7-26(17-25)41-34-36-19-28(20-37-34)40-33(46)29-18-27(11-8-22(29)2)39-32(45)23-9-10-24(30(35)16-23)21-43-14-12-42(3)13-15-43/h4-11,16-20H,1,12-15,21H2,2-3H3,(H,38,44)(H,39,45)(H,40,46)(H,36,37,41). The zero-order chi connectivity index (χ0) is 32.6. The molecule has 0 unspecified atom stereocenters. The van der Waals surface area contributed by atoms with E-state index in [1.807, 2.05) is 13.0 Å². The van der Waals surface area contributed by atoms with Crippen molar-refractivity contribution in [3.63, 3.8) is 0 Å². The Hall–Kier alpha value is -5.10. The highest BCUT2D eigenvalue weighted by molar-refractivity contribution is 6.31. The molecule has 1 fully saturated rings. The Balaban J connectivity index is 1.19. The van der Waals surface area contributed by atoms with Gasteiger partial charge in [-0.05, 0) is 73.6 Å². The number of hydrogen-bond acceptors (Lipinski definition) is 8. The van der Waals surface area contributed by atoms with Gasteiger partial charge in [0.1, 0.15) is 0 Å². The Morgan fingerprint density at radius 1 is 0.848 bits per heavy atom. The first-order valence-corrected chi connectivity index (χ1v) is 15.1. The van der Waals surface area contributed by atoms with Crippen LogP contribution in [0.3, 0.4) is 0 Å². The Morgan fingerprint density at radius 2 is 1.54 bits per heavy atom. The molecule has 0 atom stereocenters. The zero-order valence-electron chi connectivity index (χ0n) is 25.6. The van der Waals surface area contributed by atoms with Crippen molar-refractivity contribution < 1.29 is 14.4 Å². The number of nitrogens with one attached hydrogen (secondary N) is 4. The van der Waals surface area contributed by atoms with Crippen LogP contribution in [0.15, 0.2) is 85.7 Å². The molecule has 5 rings (SSSR count). The molecule has 1 saturated heterocycles. The molecule has 0 saturated carbocycles. The van der Waals surface area contributed by atoms with Gasteiger partial charge in [-0.15, -0.1) is 0 Å². The topological polar surface area (TPSA) is 132 Å². The van der Waals surface area contributed by atoms with Gasteiger partial charge in [0.15, 0.2) is 0 Å². The second-order valence-corrected chi connectivity index (χ2v) is 11.4. The fourth-order valence-electron chi connectivity index (χ4n) is 4.86. The predicted octanol–water partition coefficient (Wildman–Crippen LogP) is 5.56. The summed E-state index contributed by atoms with van der Waals surface area (Å²) in [6.45, 7) is 9.98. The Bertz CT molecular complexity index is 1750. The number of amides is 3. The van der Waals surface area contributed by atoms with E-state index in [9.17, 15) is 14.4 Å². The molecule has 4 N–H and O–H groups in total. The normalized spacial score (nSPS) is 13.5. The highest BCUT2D eigenvalue weighted by Crippen LogP contribution is 2.23. The van der Waals surface area contributed by atoms with E-state index in [2.05, 4.69) is 54.7 Å². The minimum atomic E-state index is -0.375. The average Bonchev–Trinajstić information content (AvgIpc) is 3.05. The minimum Gasteiger partial charge on any atom is -0.324 e. The van der Waals surface area contributed by atoms with E-state index in [-0.39, 0.29) is 17.7 Å². The highest BCUT2D eigenvalue weighted by Gasteiger charge is 2.17. The lowest BCUT2D eigenvalue weighted by Crippen LogP contribution is -2.43. The zero-order valence-corrected chi connectivity index (χ0v) is 26.4. The number of likely N-dealkylation sites (N-methyl/N-ethyl adjacent to an activating group) is 1. The lowest BCUT2D eigenvalue weighted by Gasteiger charge is -2.32. The summed E-state index contributed by atoms with van der Waals surface area (Å²) in [4.78, 5) is 51.0. The van der Waals surface area contributed by atoms with E-state index in [0.717, 1.165) is 43.9 Å². The predicted molar refractivity (Wildman–Crippen MR) is 182 cm³/mol. The molecular formula is C34H35ClN8O3. The molecule has 0 radical (unpaired) electrons. The van der Waals surface area contributed by atoms with Gasteiger partial charge < -0.3 is 26.2 Å². The molecule has 1 aromatic heterocycles. The summed E-state index contributed by atoms with van der Waals surface area (Å²) in [5.41, 5.74) is 4.64. The third kappa shape index (κ3) is 8.54. The van der Waals surface area contributed by atoms with Crippen LogP contribution in [-0.4, -0.2) is 70.7 Å². The lowest BCUT2D eigenvalue weighted by atomic mass is 10.1. The number of benzene rings is 3. The quantitative estimate of drug-likeness (QED) is 0.166. The number of aryl methyl sites for hydroxylation is 1. The number of piperazine rings is 1. The molecule has 0 aliphatic carbocycles. The molecule has 12 heteroatoms. The minimum absolute atomic E-state index is 0.304. The van der Waals surface area contributed by atoms with Crippen LogP contribution in [0.5, 0.6) is 0 Å². The molecule has 46 heavy (non-hydrogen) atoms. The van der Waals surface area contributed by atoms with E-state index >= 15 is 0 Å². The maximum Gasteiger partial charge on any atom is 0.256 e. The number of anilines is 5. The number of carbonyl (C=O) groups excluding carboxylic acids is 3. The molecule has 2 heterocycles. The van der Waals surface area contributed by atoms with Crippen molar-refractivity contribution in [1.29, 1.82) is 0 Å². The summed E-state index contributed by atoms with van der Waals surface area (Å²) in [7, 11) is 2.12. The van der Waals surface area contributed by atoms with Crippen LogP contribution in [0.2, 0.25) is 5.02 Å². The number of rotatable bonds is 10. The summed E-state index contributed by atoms with van der Waals surface area (Å²) in [6.07, 6.45) is 4.15. The van der Waals surface area contributed by atoms with Crippen LogP contribution in [0.4, 0.5) is 28.7 Å². The van der Waals surface area contributed by atoms with Gasteiger partial charge in [0.25, 0.3) is 11.8 Å². The van der Waals surface area contributed by atoms with E-state index in [4.69, 9.17) is 11.6 Å². The maximum atomic E-state index is 13.2. The van der Waals surface area contributed by atoms with Crippen molar-refractivity contribution in [2.24, 2.45) is 0 Å². The van der Waals surface area contributed by atoms with E-state index in [1.165, 1.54) is 18.5 Å². The van der Waals surface area contributed by atoms with E-state index in [1.54, 1.807) is 54.6 Å². The largest absolute Gasteiger partial charge is 0.324 e. The SMILES string of the molecule is C=CC(=O)Nc1cccc(Nc2ncc(NC(=O)c3cc(NC(=O)c4ccc(CN5CCN(C)CC5)c(Cl)c4)ccc3C)cn2)c1. The maximum absolute atomic E-state index is 13.2. The van der Waals surface area contributed by atoms with Crippen LogP contribution < -0.4 is 21.3 Å². The Morgan fingerprint density at radius 3 is 2.26 bits per heavy atom. The van der Waals surface area contributed by atoms with Gasteiger partial charge in [0.05, 0.1) is 18.1 Å². The number of hydrogen-bond donors (Lipinski definition) is 4. The molecule has 3 amide bonds. The first kappa shape index (κ1) is 32.3. The summed E-state index contributed by atoms with van der Waals surface area (Å²) >= 11 is 6.57. The highest BCUT2D eigenvalue weighted by atomic mass is 35.5. The van der Waals surface area contributed by atoms with Crippen molar-refractivity contribution >= 4 is 58.0 Å². The van der Waals surface area contributed by atoms with Gasteiger partial charge in [0.2, 0.25) is 11.9 Å². The second kappa shape index (κ2) is 14.8. The molecule has 1 aliphatic rings. The smallest absolute Gasteiger partial charge is 0.256 e. The van der Waals surface area contributed by atoms with Crippen LogP contribution in [0, 0.1) is 6.92 Å². The van der Waals surface area contributed by atoms with Crippen LogP contribution in [-0.2, 0) is 11.3 Å². The van der Waals surface area contributed by atoms with Crippen LogP contribution >= 0.6 is 11.6 Å². The van der Waals surface area contributed by atoms with Gasteiger partial charge in [-0.1, -0.05) is 36.4 Å². The monoisotopic (exact) mass is 638 g/mol. The first-order valence-electron chi connectivity index (χ1n) is 14.7. The molecule has 0 bridgehead atoms. The third-order valence-electron chi connectivity index (χ3n) is 7.53. The fraction of sp³-hybridized carbons (Fsp3) is 0.206. The summed E-state index contributed by atoms with van der Waals surface area (Å²) in [5.74, 6) is -0.713. The van der Waals surface area contributed by atoms with Gasteiger partial charge in [-0.25, -0.2) is 9.97 Å². The average molecular weight is 639 g/mol. The van der Waals surface area contributed by atoms with Gasteiger partial charge >= 0.3 is 0 Å². The lowest BCUT2D eigenvalue weighted by molar-refractivity contribution is -0.111. The third-order valence-corrected chi connectivity index (χ3v) is 7.88. The van der Waals surface area contributed by atoms with Crippen molar-refractivity contribution in [3.05, 3.63) is 113 Å². The fourth-order valence-corrected chi connectivity index (χ4v) is 5.10. The second-order valence-electron chi connectivity index (χ2n) is 11.0. The van der Waals surface area contributed by atoms with Crippen LogP contribution in [0.25, 0.3) is 0 Å². The Labute approximate surface area is 272 Å². The number of aromatic nitrogens is 2. The van der Waals surface area contributed by atoms with Crippen molar-refractivity contribution in [2.75, 3.05) is 54.5 Å².